The normalized spacial score (nSPS) is 39.1. The van der Waals surface area contributed by atoms with Gasteiger partial charge in [0.2, 0.25) is 0 Å². The van der Waals surface area contributed by atoms with Gasteiger partial charge in [-0.25, -0.2) is 0 Å². The van der Waals surface area contributed by atoms with Gasteiger partial charge in [-0.3, -0.25) is 9.59 Å². The molecule has 0 saturated heterocycles. The van der Waals surface area contributed by atoms with E-state index in [0.29, 0.717) is 35.9 Å². The Morgan fingerprint density at radius 2 is 1.68 bits per heavy atom. The van der Waals surface area contributed by atoms with Crippen LogP contribution in [-0.2, 0) is 14.3 Å². The Hall–Kier alpha value is -1.12. The lowest BCUT2D eigenvalue weighted by Crippen LogP contribution is -2.54. The molecular formula is C31H50O3. The van der Waals surface area contributed by atoms with Gasteiger partial charge in [0, 0.05) is 18.3 Å². The van der Waals surface area contributed by atoms with Gasteiger partial charge < -0.3 is 4.74 Å². The van der Waals surface area contributed by atoms with Crippen LogP contribution < -0.4 is 0 Å². The molecule has 4 aliphatic carbocycles. The number of allylic oxidation sites excluding steroid dienone is 1. The van der Waals surface area contributed by atoms with Crippen molar-refractivity contribution in [3.05, 3.63) is 11.6 Å². The summed E-state index contributed by atoms with van der Waals surface area (Å²) in [5.41, 5.74) is 1.77. The molecule has 0 amide bonds. The van der Waals surface area contributed by atoms with Crippen LogP contribution in [0.2, 0.25) is 0 Å². The molecular weight excluding hydrogens is 420 g/mol. The molecule has 0 bridgehead atoms. The van der Waals surface area contributed by atoms with Crippen LogP contribution in [-0.4, -0.2) is 17.9 Å². The Morgan fingerprint density at radius 1 is 0.971 bits per heavy atom. The number of fused-ring (bicyclic) bond motifs is 5. The van der Waals surface area contributed by atoms with Gasteiger partial charge >= 0.3 is 5.97 Å². The van der Waals surface area contributed by atoms with E-state index in [0.717, 1.165) is 44.9 Å². The zero-order valence-corrected chi connectivity index (χ0v) is 22.5. The summed E-state index contributed by atoms with van der Waals surface area (Å²) in [5.74, 6) is 3.03. The fourth-order valence-corrected chi connectivity index (χ4v) is 8.67. The van der Waals surface area contributed by atoms with Crippen molar-refractivity contribution in [2.75, 3.05) is 0 Å². The molecule has 3 nitrogen and oxygen atoms in total. The third-order valence-corrected chi connectivity index (χ3v) is 10.7. The van der Waals surface area contributed by atoms with Crippen molar-refractivity contribution in [1.29, 1.82) is 0 Å². The van der Waals surface area contributed by atoms with Crippen molar-refractivity contribution < 1.29 is 14.3 Å². The Kier molecular flexibility index (Phi) is 8.30. The van der Waals surface area contributed by atoms with Crippen LogP contribution in [0, 0.1) is 34.5 Å². The first-order valence-electron chi connectivity index (χ1n) is 14.7. The highest BCUT2D eigenvalue weighted by molar-refractivity contribution is 5.91. The minimum Gasteiger partial charge on any atom is -0.462 e. The lowest BCUT2D eigenvalue weighted by atomic mass is 9.45. The second-order valence-corrected chi connectivity index (χ2v) is 12.9. The molecule has 0 radical (unpaired) electrons. The van der Waals surface area contributed by atoms with Gasteiger partial charge in [0.15, 0.2) is 5.78 Å². The van der Waals surface area contributed by atoms with E-state index in [9.17, 15) is 9.59 Å². The molecule has 3 unspecified atom stereocenters. The molecule has 3 saturated carbocycles. The molecule has 0 aromatic heterocycles. The van der Waals surface area contributed by atoms with Gasteiger partial charge in [0.25, 0.3) is 0 Å². The summed E-state index contributed by atoms with van der Waals surface area (Å²) in [6.07, 6.45) is 20.2. The molecule has 3 heteroatoms. The number of hydrogen-bond acceptors (Lipinski definition) is 3. The van der Waals surface area contributed by atoms with Gasteiger partial charge in [-0.15, -0.1) is 0 Å². The number of hydrogen-bond donors (Lipinski definition) is 0. The zero-order valence-electron chi connectivity index (χ0n) is 22.5. The SMILES string of the molecule is CCCCCCCCCCC(=O)O[C@H]1CCC2C3C(CC[C@@]21C)[C@@]1(C)CCC(=O)C=C1C[C@H]3C. The summed E-state index contributed by atoms with van der Waals surface area (Å²) < 4.78 is 6.21. The molecule has 0 aromatic rings. The van der Waals surface area contributed by atoms with E-state index in [2.05, 4.69) is 27.7 Å². The average molecular weight is 471 g/mol. The number of ketones is 1. The van der Waals surface area contributed by atoms with E-state index in [1.165, 1.54) is 56.9 Å². The third-order valence-electron chi connectivity index (χ3n) is 10.7. The standard InChI is InChI=1S/C31H50O3/c1-5-6-7-8-9-10-11-12-13-28(33)34-27-15-14-25-29-22(2)20-23-21-24(32)16-18-30(23,3)26(29)17-19-31(25,27)4/h21-22,25-27,29H,5-20H2,1-4H3/t22-,25?,26?,27+,29?,30+,31+/m1/s1. The Balaban J connectivity index is 1.31. The first-order valence-corrected chi connectivity index (χ1v) is 14.7. The average Bonchev–Trinajstić information content (AvgIpc) is 3.13. The van der Waals surface area contributed by atoms with E-state index in [1.54, 1.807) is 0 Å². The van der Waals surface area contributed by atoms with E-state index in [1.807, 2.05) is 6.08 Å². The van der Waals surface area contributed by atoms with Crippen LogP contribution >= 0.6 is 0 Å². The van der Waals surface area contributed by atoms with Crippen molar-refractivity contribution in [3.8, 4) is 0 Å². The van der Waals surface area contributed by atoms with Crippen LogP contribution in [0.25, 0.3) is 0 Å². The van der Waals surface area contributed by atoms with Crippen molar-refractivity contribution >= 4 is 11.8 Å². The molecule has 192 valence electrons. The molecule has 7 atom stereocenters. The van der Waals surface area contributed by atoms with Crippen molar-refractivity contribution in [1.82, 2.24) is 0 Å². The molecule has 0 N–H and O–H groups in total. The van der Waals surface area contributed by atoms with E-state index in [-0.39, 0.29) is 22.9 Å². The predicted molar refractivity (Wildman–Crippen MR) is 138 cm³/mol. The first-order chi connectivity index (χ1) is 16.3. The van der Waals surface area contributed by atoms with Crippen LogP contribution in [0.3, 0.4) is 0 Å². The maximum atomic E-state index is 12.7. The molecule has 0 heterocycles. The number of carbonyl (C=O) groups is 2. The minimum atomic E-state index is 0.0413. The largest absolute Gasteiger partial charge is 0.462 e. The number of esters is 1. The summed E-state index contributed by atoms with van der Waals surface area (Å²) in [5, 5.41) is 0. The summed E-state index contributed by atoms with van der Waals surface area (Å²) in [6.45, 7) is 9.56. The van der Waals surface area contributed by atoms with Crippen molar-refractivity contribution in [2.45, 2.75) is 137 Å². The Bertz CT molecular complexity index is 769. The topological polar surface area (TPSA) is 43.4 Å². The quantitative estimate of drug-likeness (QED) is 0.239. The van der Waals surface area contributed by atoms with E-state index in [4.69, 9.17) is 4.74 Å². The van der Waals surface area contributed by atoms with Gasteiger partial charge in [0.05, 0.1) is 0 Å². The highest BCUT2D eigenvalue weighted by Crippen LogP contribution is 2.66. The van der Waals surface area contributed by atoms with Crippen LogP contribution in [0.5, 0.6) is 0 Å². The van der Waals surface area contributed by atoms with E-state index < -0.39 is 0 Å². The minimum absolute atomic E-state index is 0.0413. The highest BCUT2D eigenvalue weighted by Gasteiger charge is 2.61. The second-order valence-electron chi connectivity index (χ2n) is 12.9. The second kappa shape index (κ2) is 10.9. The highest BCUT2D eigenvalue weighted by atomic mass is 16.5. The molecule has 0 spiro atoms. The summed E-state index contributed by atoms with van der Waals surface area (Å²) in [6, 6.07) is 0. The molecule has 3 fully saturated rings. The molecule has 4 rings (SSSR count). The molecule has 0 aromatic carbocycles. The molecule has 4 aliphatic rings. The Labute approximate surface area is 208 Å². The van der Waals surface area contributed by atoms with Crippen LogP contribution in [0.1, 0.15) is 130 Å². The number of carbonyl (C=O) groups excluding carboxylic acids is 2. The maximum absolute atomic E-state index is 12.7. The zero-order chi connectivity index (χ0) is 24.3. The summed E-state index contributed by atoms with van der Waals surface area (Å²) >= 11 is 0. The monoisotopic (exact) mass is 470 g/mol. The van der Waals surface area contributed by atoms with Gasteiger partial charge in [-0.05, 0) is 80.1 Å². The van der Waals surface area contributed by atoms with Gasteiger partial charge in [0.1, 0.15) is 6.10 Å². The fraction of sp³-hybridized carbons (Fsp3) is 0.871. The van der Waals surface area contributed by atoms with Gasteiger partial charge in [-0.2, -0.15) is 0 Å². The summed E-state index contributed by atoms with van der Waals surface area (Å²) in [4.78, 5) is 24.9. The molecule has 34 heavy (non-hydrogen) atoms. The lowest BCUT2D eigenvalue weighted by Gasteiger charge is -2.59. The number of unbranched alkanes of at least 4 members (excludes halogenated alkanes) is 7. The summed E-state index contributed by atoms with van der Waals surface area (Å²) in [7, 11) is 0. The first kappa shape index (κ1) is 26.0. The van der Waals surface area contributed by atoms with Crippen LogP contribution in [0.15, 0.2) is 11.6 Å². The van der Waals surface area contributed by atoms with Crippen molar-refractivity contribution in [2.24, 2.45) is 34.5 Å². The number of ether oxygens (including phenoxy) is 1. The lowest BCUT2D eigenvalue weighted by molar-refractivity contribution is -0.161. The molecule has 0 aliphatic heterocycles. The number of rotatable bonds is 10. The third kappa shape index (κ3) is 5.05. The predicted octanol–water partition coefficient (Wildman–Crippen LogP) is 8.21. The maximum Gasteiger partial charge on any atom is 0.306 e. The van der Waals surface area contributed by atoms with Crippen LogP contribution in [0.4, 0.5) is 0 Å². The fourth-order valence-electron chi connectivity index (χ4n) is 8.67. The van der Waals surface area contributed by atoms with E-state index >= 15 is 0 Å². The van der Waals surface area contributed by atoms with Crippen molar-refractivity contribution in [3.63, 3.8) is 0 Å². The smallest absolute Gasteiger partial charge is 0.306 e. The Morgan fingerprint density at radius 3 is 2.41 bits per heavy atom. The van der Waals surface area contributed by atoms with Gasteiger partial charge in [-0.1, -0.05) is 78.2 Å².